The Bertz CT molecular complexity index is 1180. The van der Waals surface area contributed by atoms with Crippen molar-refractivity contribution >= 4 is 11.8 Å². The highest BCUT2D eigenvalue weighted by atomic mass is 16.5. The van der Waals surface area contributed by atoms with Crippen molar-refractivity contribution in [3.05, 3.63) is 90.0 Å². The van der Waals surface area contributed by atoms with Crippen molar-refractivity contribution in [2.45, 2.75) is 78.1 Å². The van der Waals surface area contributed by atoms with Gasteiger partial charge < -0.3 is 20.7 Å². The van der Waals surface area contributed by atoms with Crippen LogP contribution in [0.15, 0.2) is 73.2 Å². The van der Waals surface area contributed by atoms with Crippen LogP contribution < -0.4 is 20.7 Å². The number of pyridine rings is 2. The Hall–Kier alpha value is -3.78. The molecular formula is C32H43N5O3. The van der Waals surface area contributed by atoms with E-state index in [0.717, 1.165) is 23.2 Å². The van der Waals surface area contributed by atoms with E-state index in [0.29, 0.717) is 37.7 Å². The zero-order valence-electron chi connectivity index (χ0n) is 24.3. The molecule has 2 atom stereocenters. The van der Waals surface area contributed by atoms with E-state index in [-0.39, 0.29) is 11.8 Å². The largest absolute Gasteiger partial charge is 0.487 e. The summed E-state index contributed by atoms with van der Waals surface area (Å²) in [7, 11) is 0. The van der Waals surface area contributed by atoms with E-state index >= 15 is 0 Å². The Balaban J connectivity index is 1.71. The molecule has 1 aromatic carbocycles. The van der Waals surface area contributed by atoms with E-state index in [2.05, 4.69) is 39.8 Å². The molecule has 0 radical (unpaired) electrons. The molecule has 3 N–H and O–H groups in total. The van der Waals surface area contributed by atoms with E-state index in [1.165, 1.54) is 0 Å². The molecule has 0 spiro atoms. The number of carbonyl (C=O) groups excluding carboxylic acids is 2. The first-order valence-electron chi connectivity index (χ1n) is 14.0. The minimum atomic E-state index is -0.737. The van der Waals surface area contributed by atoms with Crippen LogP contribution in [0, 0.1) is 5.92 Å². The van der Waals surface area contributed by atoms with E-state index < -0.39 is 17.6 Å². The Morgan fingerprint density at radius 2 is 1.52 bits per heavy atom. The lowest BCUT2D eigenvalue weighted by molar-refractivity contribution is -0.130. The maximum absolute atomic E-state index is 13.6. The standard InChI is InChI=1S/C32H43N5O3/c1-23(2)13-19-35-28(20-25-14-17-33-18-15-25)30(38)36-29(31(39)37-32(3,4)5)21-24-9-11-27(12-10-24)40-22-26-8-6-7-16-34-26/h6-12,14-18,23,28-29,35H,13,19-22H2,1-5H3,(H,36,38)(H,37,39). The predicted molar refractivity (Wildman–Crippen MR) is 158 cm³/mol. The lowest BCUT2D eigenvalue weighted by atomic mass is 10.0. The van der Waals surface area contributed by atoms with Crippen LogP contribution in [0.2, 0.25) is 0 Å². The smallest absolute Gasteiger partial charge is 0.243 e. The van der Waals surface area contributed by atoms with Crippen LogP contribution in [0.25, 0.3) is 0 Å². The second kappa shape index (κ2) is 15.1. The van der Waals surface area contributed by atoms with Gasteiger partial charge >= 0.3 is 0 Å². The second-order valence-electron chi connectivity index (χ2n) is 11.5. The fourth-order valence-electron chi connectivity index (χ4n) is 4.09. The molecule has 3 aromatic rings. The number of aromatic nitrogens is 2. The molecule has 8 nitrogen and oxygen atoms in total. The van der Waals surface area contributed by atoms with Crippen molar-refractivity contribution in [3.8, 4) is 5.75 Å². The van der Waals surface area contributed by atoms with Gasteiger partial charge in [-0.15, -0.1) is 0 Å². The van der Waals surface area contributed by atoms with Gasteiger partial charge in [0, 0.05) is 30.6 Å². The Morgan fingerprint density at radius 3 is 2.15 bits per heavy atom. The predicted octanol–water partition coefficient (Wildman–Crippen LogP) is 4.24. The zero-order chi connectivity index (χ0) is 29.0. The average Bonchev–Trinajstić information content (AvgIpc) is 2.91. The first-order valence-corrected chi connectivity index (χ1v) is 14.0. The van der Waals surface area contributed by atoms with Gasteiger partial charge in [0.05, 0.1) is 11.7 Å². The van der Waals surface area contributed by atoms with Crippen LogP contribution in [-0.2, 0) is 29.0 Å². The molecule has 0 aliphatic rings. The summed E-state index contributed by atoms with van der Waals surface area (Å²) in [6.07, 6.45) is 6.98. The fraction of sp³-hybridized carbons (Fsp3) is 0.438. The van der Waals surface area contributed by atoms with Gasteiger partial charge in [0.2, 0.25) is 11.8 Å². The Kier molecular flexibility index (Phi) is 11.6. The summed E-state index contributed by atoms with van der Waals surface area (Å²) in [5, 5.41) is 9.47. The number of rotatable bonds is 14. The van der Waals surface area contributed by atoms with Crippen LogP contribution in [0.3, 0.4) is 0 Å². The zero-order valence-corrected chi connectivity index (χ0v) is 24.3. The van der Waals surface area contributed by atoms with Crippen molar-refractivity contribution in [1.29, 1.82) is 0 Å². The number of hydrogen-bond donors (Lipinski definition) is 3. The van der Waals surface area contributed by atoms with Crippen LogP contribution in [0.4, 0.5) is 0 Å². The second-order valence-corrected chi connectivity index (χ2v) is 11.5. The van der Waals surface area contributed by atoms with Gasteiger partial charge in [-0.25, -0.2) is 0 Å². The summed E-state index contributed by atoms with van der Waals surface area (Å²) < 4.78 is 5.85. The molecule has 0 saturated carbocycles. The van der Waals surface area contributed by atoms with Gasteiger partial charge in [-0.1, -0.05) is 32.0 Å². The third-order valence-corrected chi connectivity index (χ3v) is 6.23. The Labute approximate surface area is 238 Å². The molecule has 3 rings (SSSR count). The van der Waals surface area contributed by atoms with E-state index in [1.807, 2.05) is 75.4 Å². The van der Waals surface area contributed by atoms with Gasteiger partial charge in [-0.3, -0.25) is 19.6 Å². The summed E-state index contributed by atoms with van der Waals surface area (Å²) >= 11 is 0. The fourth-order valence-corrected chi connectivity index (χ4v) is 4.09. The monoisotopic (exact) mass is 545 g/mol. The van der Waals surface area contributed by atoms with Crippen molar-refractivity contribution in [3.63, 3.8) is 0 Å². The van der Waals surface area contributed by atoms with Crippen molar-refractivity contribution in [2.24, 2.45) is 5.92 Å². The molecule has 2 unspecified atom stereocenters. The molecule has 0 aliphatic heterocycles. The number of ether oxygens (including phenoxy) is 1. The summed E-state index contributed by atoms with van der Waals surface area (Å²) in [6.45, 7) is 11.2. The summed E-state index contributed by atoms with van der Waals surface area (Å²) in [5.41, 5.74) is 2.33. The van der Waals surface area contributed by atoms with Crippen LogP contribution in [0.1, 0.15) is 57.9 Å². The minimum Gasteiger partial charge on any atom is -0.487 e. The van der Waals surface area contributed by atoms with Crippen LogP contribution >= 0.6 is 0 Å². The van der Waals surface area contributed by atoms with Gasteiger partial charge in [0.15, 0.2) is 0 Å². The molecular weight excluding hydrogens is 502 g/mol. The molecule has 214 valence electrons. The van der Waals surface area contributed by atoms with Gasteiger partial charge in [-0.2, -0.15) is 0 Å². The summed E-state index contributed by atoms with van der Waals surface area (Å²) in [4.78, 5) is 35.3. The van der Waals surface area contributed by atoms with Gasteiger partial charge in [0.1, 0.15) is 18.4 Å². The number of carbonyl (C=O) groups is 2. The average molecular weight is 546 g/mol. The maximum atomic E-state index is 13.6. The number of benzene rings is 1. The lowest BCUT2D eigenvalue weighted by Crippen LogP contribution is -2.56. The molecule has 2 heterocycles. The third kappa shape index (κ3) is 11.1. The van der Waals surface area contributed by atoms with E-state index in [4.69, 9.17) is 4.74 Å². The van der Waals surface area contributed by atoms with Crippen molar-refractivity contribution < 1.29 is 14.3 Å². The normalized spacial score (nSPS) is 12.9. The van der Waals surface area contributed by atoms with Crippen molar-refractivity contribution in [1.82, 2.24) is 25.9 Å². The highest BCUT2D eigenvalue weighted by Gasteiger charge is 2.28. The highest BCUT2D eigenvalue weighted by molar-refractivity contribution is 5.90. The Morgan fingerprint density at radius 1 is 0.850 bits per heavy atom. The van der Waals surface area contributed by atoms with E-state index in [9.17, 15) is 9.59 Å². The van der Waals surface area contributed by atoms with Gasteiger partial charge in [0.25, 0.3) is 0 Å². The SMILES string of the molecule is CC(C)CCNC(Cc1ccncc1)C(=O)NC(Cc1ccc(OCc2ccccn2)cc1)C(=O)NC(C)(C)C. The quantitative estimate of drug-likeness (QED) is 0.280. The van der Waals surface area contributed by atoms with Gasteiger partial charge in [-0.05, 0) is 93.6 Å². The number of nitrogens with zero attached hydrogens (tertiary/aromatic N) is 2. The van der Waals surface area contributed by atoms with Crippen molar-refractivity contribution in [2.75, 3.05) is 6.54 Å². The first kappa shape index (κ1) is 30.8. The number of nitrogens with one attached hydrogen (secondary N) is 3. The number of hydrogen-bond acceptors (Lipinski definition) is 6. The molecule has 8 heteroatoms. The topological polar surface area (TPSA) is 105 Å². The number of amides is 2. The maximum Gasteiger partial charge on any atom is 0.243 e. The molecule has 0 fully saturated rings. The molecule has 0 bridgehead atoms. The summed E-state index contributed by atoms with van der Waals surface area (Å²) in [5.74, 6) is 0.797. The lowest BCUT2D eigenvalue weighted by Gasteiger charge is -2.27. The summed E-state index contributed by atoms with van der Waals surface area (Å²) in [6, 6.07) is 15.9. The minimum absolute atomic E-state index is 0.204. The van der Waals surface area contributed by atoms with E-state index in [1.54, 1.807) is 18.6 Å². The van der Waals surface area contributed by atoms with Crippen LogP contribution in [-0.4, -0.2) is 45.9 Å². The first-order chi connectivity index (χ1) is 19.1. The molecule has 2 amide bonds. The van der Waals surface area contributed by atoms with Crippen LogP contribution in [0.5, 0.6) is 5.75 Å². The molecule has 40 heavy (non-hydrogen) atoms. The molecule has 0 saturated heterocycles. The molecule has 0 aliphatic carbocycles. The third-order valence-electron chi connectivity index (χ3n) is 6.23. The molecule has 2 aromatic heterocycles. The highest BCUT2D eigenvalue weighted by Crippen LogP contribution is 2.16.